The van der Waals surface area contributed by atoms with Gasteiger partial charge in [0.05, 0.1) is 35.3 Å². The van der Waals surface area contributed by atoms with Crippen molar-refractivity contribution in [3.63, 3.8) is 0 Å². The van der Waals surface area contributed by atoms with Gasteiger partial charge in [-0.05, 0) is 42.3 Å². The van der Waals surface area contributed by atoms with Crippen molar-refractivity contribution >= 4 is 27.9 Å². The number of hydrogen-bond donors (Lipinski definition) is 2. The molecular weight excluding hydrogens is 500 g/mol. The van der Waals surface area contributed by atoms with E-state index >= 15 is 0 Å². The Hall–Kier alpha value is -4.60. The molecule has 1 aliphatic rings. The van der Waals surface area contributed by atoms with Gasteiger partial charge >= 0.3 is 0 Å². The van der Waals surface area contributed by atoms with E-state index in [-0.39, 0.29) is 0 Å². The topological polar surface area (TPSA) is 111 Å². The summed E-state index contributed by atoms with van der Waals surface area (Å²) in [5.74, 6) is 1.32. The molecule has 4 heterocycles. The number of aromatic nitrogens is 6. The second-order valence-electron chi connectivity index (χ2n) is 10.4. The quantitative estimate of drug-likeness (QED) is 0.322. The molecule has 3 aromatic carbocycles. The number of fused-ring (bicyclic) bond motifs is 2. The third kappa shape index (κ3) is 4.70. The number of hydrogen-bond acceptors (Lipinski definition) is 7. The van der Waals surface area contributed by atoms with E-state index in [4.69, 9.17) is 20.6 Å². The maximum absolute atomic E-state index is 6.39. The van der Waals surface area contributed by atoms with Gasteiger partial charge in [0.25, 0.3) is 0 Å². The fourth-order valence-electron chi connectivity index (χ4n) is 5.42. The minimum atomic E-state index is 0.400. The highest BCUT2D eigenvalue weighted by molar-refractivity contribution is 6.00. The van der Waals surface area contributed by atoms with E-state index < -0.39 is 0 Å². The molecule has 200 valence electrons. The molecule has 6 aromatic rings. The van der Waals surface area contributed by atoms with Crippen LogP contribution in [0.4, 0.5) is 5.82 Å². The molecule has 7 rings (SSSR count). The number of morpholine rings is 1. The van der Waals surface area contributed by atoms with Crippen molar-refractivity contribution in [2.45, 2.75) is 19.9 Å². The summed E-state index contributed by atoms with van der Waals surface area (Å²) in [6.07, 6.45) is 2.23. The number of nitrogens with zero attached hydrogens (tertiary/aromatic N) is 6. The first-order valence-corrected chi connectivity index (χ1v) is 13.5. The van der Waals surface area contributed by atoms with Crippen LogP contribution in [0.15, 0.2) is 73.1 Å². The first-order chi connectivity index (χ1) is 19.6. The smallest absolute Gasteiger partial charge is 0.169 e. The van der Waals surface area contributed by atoms with E-state index in [2.05, 4.69) is 81.4 Å². The molecule has 3 N–H and O–H groups in total. The first kappa shape index (κ1) is 24.4. The SMILES string of the molecule is Cc1cccc(Cc2nc3cc(-c4nn(-c5ccc(CN6CCOCC6)cc5)c5ncnc(N)c45)ccc3[nH]2)c1. The maximum Gasteiger partial charge on any atom is 0.169 e. The minimum Gasteiger partial charge on any atom is -0.383 e. The summed E-state index contributed by atoms with van der Waals surface area (Å²) in [5.41, 5.74) is 15.2. The lowest BCUT2D eigenvalue weighted by Crippen LogP contribution is -2.35. The molecule has 1 saturated heterocycles. The summed E-state index contributed by atoms with van der Waals surface area (Å²) in [7, 11) is 0. The van der Waals surface area contributed by atoms with Crippen molar-refractivity contribution in [1.82, 2.24) is 34.6 Å². The van der Waals surface area contributed by atoms with Gasteiger partial charge in [-0.25, -0.2) is 19.6 Å². The number of ether oxygens (including phenoxy) is 1. The van der Waals surface area contributed by atoms with Crippen LogP contribution in [-0.4, -0.2) is 60.9 Å². The van der Waals surface area contributed by atoms with Gasteiger partial charge in [-0.15, -0.1) is 0 Å². The van der Waals surface area contributed by atoms with Gasteiger partial charge in [-0.2, -0.15) is 5.10 Å². The van der Waals surface area contributed by atoms with E-state index in [1.165, 1.54) is 23.0 Å². The van der Waals surface area contributed by atoms with Crippen LogP contribution in [0.3, 0.4) is 0 Å². The van der Waals surface area contributed by atoms with Crippen LogP contribution in [0.2, 0.25) is 0 Å². The Morgan fingerprint density at radius 3 is 2.62 bits per heavy atom. The van der Waals surface area contributed by atoms with Crippen molar-refractivity contribution in [2.24, 2.45) is 0 Å². The number of nitrogen functional groups attached to an aromatic ring is 1. The molecule has 9 heteroatoms. The molecule has 40 heavy (non-hydrogen) atoms. The van der Waals surface area contributed by atoms with Gasteiger partial charge in [-0.3, -0.25) is 4.90 Å². The maximum atomic E-state index is 6.39. The molecule has 1 aliphatic heterocycles. The van der Waals surface area contributed by atoms with Crippen molar-refractivity contribution in [3.8, 4) is 16.9 Å². The Balaban J connectivity index is 1.23. The number of imidazole rings is 1. The van der Waals surface area contributed by atoms with E-state index in [1.807, 2.05) is 16.8 Å². The highest BCUT2D eigenvalue weighted by atomic mass is 16.5. The average Bonchev–Trinajstić information content (AvgIpc) is 3.55. The van der Waals surface area contributed by atoms with Crippen molar-refractivity contribution in [3.05, 3.63) is 95.6 Å². The molecule has 0 unspecified atom stereocenters. The van der Waals surface area contributed by atoms with Gasteiger partial charge < -0.3 is 15.5 Å². The number of nitrogens with one attached hydrogen (secondary N) is 1. The minimum absolute atomic E-state index is 0.400. The van der Waals surface area contributed by atoms with Crippen molar-refractivity contribution < 1.29 is 4.74 Å². The zero-order valence-corrected chi connectivity index (χ0v) is 22.3. The lowest BCUT2D eigenvalue weighted by molar-refractivity contribution is 0.0342. The molecule has 3 aromatic heterocycles. The lowest BCUT2D eigenvalue weighted by Gasteiger charge is -2.26. The van der Waals surface area contributed by atoms with E-state index in [9.17, 15) is 0 Å². The Kier molecular flexibility index (Phi) is 6.22. The van der Waals surface area contributed by atoms with Crippen LogP contribution in [0.1, 0.15) is 22.5 Å². The standard InChI is InChI=1S/C31H30N8O/c1-20-3-2-4-22(15-20)16-27-35-25-10-7-23(17-26(25)36-27)29-28-30(32)33-19-34-31(28)39(37-29)24-8-5-21(6-9-24)18-38-11-13-40-14-12-38/h2-10,15,17,19H,11-14,16,18H2,1H3,(H,35,36)(H2,32,33,34). The van der Waals surface area contributed by atoms with Gasteiger partial charge in [0.2, 0.25) is 0 Å². The number of H-pyrrole nitrogens is 1. The summed E-state index contributed by atoms with van der Waals surface area (Å²) in [6, 6.07) is 23.1. The number of aryl methyl sites for hydroxylation is 1. The van der Waals surface area contributed by atoms with Gasteiger partial charge in [0.15, 0.2) is 5.65 Å². The average molecular weight is 531 g/mol. The van der Waals surface area contributed by atoms with Gasteiger partial charge in [0.1, 0.15) is 23.7 Å². The fourth-order valence-corrected chi connectivity index (χ4v) is 5.42. The molecule has 9 nitrogen and oxygen atoms in total. The van der Waals surface area contributed by atoms with Crippen molar-refractivity contribution in [2.75, 3.05) is 32.0 Å². The highest BCUT2D eigenvalue weighted by Gasteiger charge is 2.19. The molecule has 0 bridgehead atoms. The van der Waals surface area contributed by atoms with Crippen LogP contribution >= 0.6 is 0 Å². The normalized spacial score (nSPS) is 14.3. The predicted molar refractivity (Wildman–Crippen MR) is 156 cm³/mol. The largest absolute Gasteiger partial charge is 0.383 e. The summed E-state index contributed by atoms with van der Waals surface area (Å²) < 4.78 is 7.32. The molecule has 0 atom stereocenters. The lowest BCUT2D eigenvalue weighted by atomic mass is 10.1. The van der Waals surface area contributed by atoms with Crippen LogP contribution in [0.25, 0.3) is 39.0 Å². The predicted octanol–water partition coefficient (Wildman–Crippen LogP) is 4.67. The van der Waals surface area contributed by atoms with Gasteiger partial charge in [-0.1, -0.05) is 48.0 Å². The van der Waals surface area contributed by atoms with E-state index in [0.29, 0.717) is 11.5 Å². The Morgan fingerprint density at radius 2 is 1.80 bits per heavy atom. The number of rotatable bonds is 6. The van der Waals surface area contributed by atoms with Crippen LogP contribution < -0.4 is 5.73 Å². The third-order valence-corrected chi connectivity index (χ3v) is 7.44. The second-order valence-corrected chi connectivity index (χ2v) is 10.4. The number of benzene rings is 3. The highest BCUT2D eigenvalue weighted by Crippen LogP contribution is 2.33. The Morgan fingerprint density at radius 1 is 0.950 bits per heavy atom. The summed E-state index contributed by atoms with van der Waals surface area (Å²) in [4.78, 5) is 19.6. The molecule has 0 saturated carbocycles. The summed E-state index contributed by atoms with van der Waals surface area (Å²) in [6.45, 7) is 6.50. The monoisotopic (exact) mass is 530 g/mol. The number of nitrogens with two attached hydrogens (primary N) is 1. The molecule has 1 fully saturated rings. The Labute approximate surface area is 231 Å². The Bertz CT molecular complexity index is 1820. The van der Waals surface area contributed by atoms with E-state index in [1.54, 1.807) is 0 Å². The number of anilines is 1. The van der Waals surface area contributed by atoms with Crippen LogP contribution in [0, 0.1) is 6.92 Å². The molecular formula is C31H30N8O. The second kappa shape index (κ2) is 10.2. The molecule has 0 aliphatic carbocycles. The summed E-state index contributed by atoms with van der Waals surface area (Å²) >= 11 is 0. The third-order valence-electron chi connectivity index (χ3n) is 7.44. The van der Waals surface area contributed by atoms with Crippen LogP contribution in [-0.2, 0) is 17.7 Å². The zero-order valence-electron chi connectivity index (χ0n) is 22.3. The first-order valence-electron chi connectivity index (χ1n) is 13.5. The number of aromatic amines is 1. The molecule has 0 radical (unpaired) electrons. The van der Waals surface area contributed by atoms with E-state index in [0.717, 1.165) is 78.5 Å². The molecule has 0 amide bonds. The molecule has 0 spiro atoms. The fraction of sp³-hybridized carbons (Fsp3) is 0.226. The van der Waals surface area contributed by atoms with Crippen LogP contribution in [0.5, 0.6) is 0 Å². The van der Waals surface area contributed by atoms with Crippen molar-refractivity contribution in [1.29, 1.82) is 0 Å². The van der Waals surface area contributed by atoms with Gasteiger partial charge in [0, 0.05) is 31.6 Å². The zero-order chi connectivity index (χ0) is 27.1. The summed E-state index contributed by atoms with van der Waals surface area (Å²) in [5, 5.41) is 5.73.